The fourth-order valence-electron chi connectivity index (χ4n) is 4.18. The molecule has 1 N–H and O–H groups in total. The second-order valence-corrected chi connectivity index (χ2v) is 12.3. The number of hydrogen-bond donors (Lipinski definition) is 1. The summed E-state index contributed by atoms with van der Waals surface area (Å²) in [6, 6.07) is 19.7. The summed E-state index contributed by atoms with van der Waals surface area (Å²) in [6.45, 7) is 5.59. The van der Waals surface area contributed by atoms with Gasteiger partial charge in [0.2, 0.25) is 11.8 Å². The van der Waals surface area contributed by atoms with Crippen molar-refractivity contribution in [2.45, 2.75) is 51.1 Å². The van der Waals surface area contributed by atoms with Gasteiger partial charge in [-0.25, -0.2) is 8.42 Å². The van der Waals surface area contributed by atoms with Crippen LogP contribution in [0.4, 0.5) is 5.69 Å². The maximum atomic E-state index is 14.0. The predicted molar refractivity (Wildman–Crippen MR) is 161 cm³/mol. The Morgan fingerprint density at radius 3 is 2.40 bits per heavy atom. The summed E-state index contributed by atoms with van der Waals surface area (Å²) in [5.74, 6) is -0.523. The van der Waals surface area contributed by atoms with Gasteiger partial charge in [-0.05, 0) is 67.8 Å². The fourth-order valence-corrected chi connectivity index (χ4v) is 6.06. The second-order valence-electron chi connectivity index (χ2n) is 9.47. The Hall–Kier alpha value is -3.37. The molecule has 0 fully saturated rings. The van der Waals surface area contributed by atoms with Gasteiger partial charge in [0.05, 0.1) is 17.7 Å². The molecule has 0 aliphatic rings. The van der Waals surface area contributed by atoms with Crippen LogP contribution >= 0.6 is 15.9 Å². The first-order valence-electron chi connectivity index (χ1n) is 13.1. The Kier molecular flexibility index (Phi) is 11.2. The summed E-state index contributed by atoms with van der Waals surface area (Å²) >= 11 is 3.46. The number of methoxy groups -OCH3 is 1. The third-order valence-electron chi connectivity index (χ3n) is 6.45. The van der Waals surface area contributed by atoms with Crippen molar-refractivity contribution in [3.8, 4) is 5.75 Å². The number of sulfonamides is 1. The molecule has 1 atom stereocenters. The number of nitrogens with zero attached hydrogens (tertiary/aromatic N) is 2. The van der Waals surface area contributed by atoms with E-state index in [-0.39, 0.29) is 23.0 Å². The van der Waals surface area contributed by atoms with Gasteiger partial charge < -0.3 is 15.0 Å². The number of benzene rings is 3. The van der Waals surface area contributed by atoms with Gasteiger partial charge in [0.1, 0.15) is 18.3 Å². The number of anilines is 1. The van der Waals surface area contributed by atoms with Crippen molar-refractivity contribution in [1.82, 2.24) is 10.2 Å². The number of unbranched alkanes of at least 4 members (excludes halogenated alkanes) is 1. The molecule has 0 radical (unpaired) electrons. The first-order chi connectivity index (χ1) is 19.1. The van der Waals surface area contributed by atoms with E-state index in [4.69, 9.17) is 4.74 Å². The molecule has 0 saturated heterocycles. The minimum absolute atomic E-state index is 0.0373. The highest BCUT2D eigenvalue weighted by molar-refractivity contribution is 9.10. The molecule has 2 amide bonds. The zero-order chi connectivity index (χ0) is 29.3. The summed E-state index contributed by atoms with van der Waals surface area (Å²) in [6.07, 6.45) is 1.73. The Labute approximate surface area is 245 Å². The third kappa shape index (κ3) is 7.85. The normalized spacial score (nSPS) is 11.9. The van der Waals surface area contributed by atoms with E-state index in [9.17, 15) is 18.0 Å². The van der Waals surface area contributed by atoms with E-state index in [0.717, 1.165) is 32.7 Å². The first-order valence-corrected chi connectivity index (χ1v) is 15.4. The fraction of sp³-hybridized carbons (Fsp3) is 0.333. The number of hydrogen-bond acceptors (Lipinski definition) is 5. The number of aryl methyl sites for hydroxylation is 1. The number of amides is 2. The van der Waals surface area contributed by atoms with E-state index in [2.05, 4.69) is 21.2 Å². The SMILES string of the molecule is CCCCNC(=O)C(C)N(Cc1cccc(Br)c1)C(=O)CN(c1cc(C)ccc1OC)S(=O)(=O)c1ccccc1. The Bertz CT molecular complexity index is 1420. The summed E-state index contributed by atoms with van der Waals surface area (Å²) in [7, 11) is -2.73. The number of ether oxygens (including phenoxy) is 1. The number of rotatable bonds is 13. The molecule has 10 heteroatoms. The average Bonchev–Trinajstić information content (AvgIpc) is 2.94. The molecule has 0 aromatic heterocycles. The molecule has 3 aromatic rings. The van der Waals surface area contributed by atoms with Crippen molar-refractivity contribution in [3.63, 3.8) is 0 Å². The third-order valence-corrected chi connectivity index (χ3v) is 8.72. The van der Waals surface area contributed by atoms with Crippen LogP contribution in [0, 0.1) is 6.92 Å². The van der Waals surface area contributed by atoms with Crippen LogP contribution in [-0.4, -0.2) is 51.4 Å². The average molecular weight is 631 g/mol. The van der Waals surface area contributed by atoms with Crippen LogP contribution in [0.15, 0.2) is 82.2 Å². The van der Waals surface area contributed by atoms with Crippen LogP contribution in [0.25, 0.3) is 0 Å². The van der Waals surface area contributed by atoms with E-state index in [1.165, 1.54) is 24.1 Å². The molecule has 3 rings (SSSR count). The molecule has 1 unspecified atom stereocenters. The van der Waals surface area contributed by atoms with E-state index in [0.29, 0.717) is 12.3 Å². The maximum Gasteiger partial charge on any atom is 0.264 e. The summed E-state index contributed by atoms with van der Waals surface area (Å²) < 4.78 is 35.3. The van der Waals surface area contributed by atoms with E-state index in [1.54, 1.807) is 43.3 Å². The topological polar surface area (TPSA) is 96.0 Å². The molecule has 0 aliphatic carbocycles. The molecular formula is C30H36BrN3O5S. The van der Waals surface area contributed by atoms with Crippen molar-refractivity contribution in [1.29, 1.82) is 0 Å². The van der Waals surface area contributed by atoms with Crippen LogP contribution in [-0.2, 0) is 26.2 Å². The van der Waals surface area contributed by atoms with Crippen LogP contribution in [0.3, 0.4) is 0 Å². The molecule has 0 spiro atoms. The van der Waals surface area contributed by atoms with Crippen LogP contribution in [0.5, 0.6) is 5.75 Å². The van der Waals surface area contributed by atoms with Crippen molar-refractivity contribution in [2.24, 2.45) is 0 Å². The molecule has 3 aromatic carbocycles. The highest BCUT2D eigenvalue weighted by atomic mass is 79.9. The maximum absolute atomic E-state index is 14.0. The van der Waals surface area contributed by atoms with Crippen molar-refractivity contribution >= 4 is 43.5 Å². The van der Waals surface area contributed by atoms with Gasteiger partial charge in [-0.3, -0.25) is 13.9 Å². The quantitative estimate of drug-likeness (QED) is 0.259. The van der Waals surface area contributed by atoms with Gasteiger partial charge in [-0.1, -0.05) is 65.7 Å². The molecule has 8 nitrogen and oxygen atoms in total. The summed E-state index contributed by atoms with van der Waals surface area (Å²) in [4.78, 5) is 28.6. The summed E-state index contributed by atoms with van der Waals surface area (Å²) in [5, 5.41) is 2.89. The minimum Gasteiger partial charge on any atom is -0.495 e. The Balaban J connectivity index is 2.06. The molecule has 214 valence electrons. The van der Waals surface area contributed by atoms with E-state index in [1.807, 2.05) is 38.1 Å². The Morgan fingerprint density at radius 2 is 1.75 bits per heavy atom. The van der Waals surface area contributed by atoms with E-state index >= 15 is 0 Å². The van der Waals surface area contributed by atoms with E-state index < -0.39 is 28.5 Å². The molecule has 0 aliphatic heterocycles. The zero-order valence-corrected chi connectivity index (χ0v) is 25.7. The summed E-state index contributed by atoms with van der Waals surface area (Å²) in [5.41, 5.74) is 1.83. The largest absolute Gasteiger partial charge is 0.495 e. The number of carbonyl (C=O) groups is 2. The monoisotopic (exact) mass is 629 g/mol. The van der Waals surface area contributed by atoms with Gasteiger partial charge in [0.25, 0.3) is 10.0 Å². The number of carbonyl (C=O) groups excluding carboxylic acids is 2. The number of halogens is 1. The van der Waals surface area contributed by atoms with Crippen LogP contribution in [0.2, 0.25) is 0 Å². The first kappa shape index (κ1) is 31.2. The molecular weight excluding hydrogens is 594 g/mol. The molecule has 0 saturated carbocycles. The van der Waals surface area contributed by atoms with Gasteiger partial charge >= 0.3 is 0 Å². The molecule has 40 heavy (non-hydrogen) atoms. The minimum atomic E-state index is -4.18. The highest BCUT2D eigenvalue weighted by Crippen LogP contribution is 2.33. The van der Waals surface area contributed by atoms with Gasteiger partial charge in [-0.2, -0.15) is 0 Å². The van der Waals surface area contributed by atoms with Crippen molar-refractivity contribution < 1.29 is 22.7 Å². The molecule has 0 heterocycles. The van der Waals surface area contributed by atoms with Gasteiger partial charge in [0, 0.05) is 17.6 Å². The predicted octanol–water partition coefficient (Wildman–Crippen LogP) is 5.30. The standard InChI is InChI=1S/C30H36BrN3O5S/c1-5-6-17-32-30(36)23(3)33(20-24-11-10-12-25(31)19-24)29(35)21-34(27-18-22(2)15-16-28(27)39-4)40(37,38)26-13-8-7-9-14-26/h7-16,18-19,23H,5-6,17,20-21H2,1-4H3,(H,32,36). The van der Waals surface area contributed by atoms with Crippen molar-refractivity contribution in [3.05, 3.63) is 88.4 Å². The lowest BCUT2D eigenvalue weighted by atomic mass is 10.1. The van der Waals surface area contributed by atoms with Crippen molar-refractivity contribution in [2.75, 3.05) is 24.5 Å². The smallest absolute Gasteiger partial charge is 0.264 e. The lowest BCUT2D eigenvalue weighted by Gasteiger charge is -2.32. The second kappa shape index (κ2) is 14.3. The van der Waals surface area contributed by atoms with Crippen LogP contribution < -0.4 is 14.4 Å². The number of nitrogens with one attached hydrogen (secondary N) is 1. The lowest BCUT2D eigenvalue weighted by Crippen LogP contribution is -2.51. The lowest BCUT2D eigenvalue weighted by molar-refractivity contribution is -0.139. The van der Waals surface area contributed by atoms with Gasteiger partial charge in [0.15, 0.2) is 0 Å². The molecule has 0 bridgehead atoms. The Morgan fingerprint density at radius 1 is 1.02 bits per heavy atom. The van der Waals surface area contributed by atoms with Crippen LogP contribution in [0.1, 0.15) is 37.8 Å². The highest BCUT2D eigenvalue weighted by Gasteiger charge is 2.33. The zero-order valence-electron chi connectivity index (χ0n) is 23.3. The van der Waals surface area contributed by atoms with Gasteiger partial charge in [-0.15, -0.1) is 0 Å².